The van der Waals surface area contributed by atoms with Crippen molar-refractivity contribution in [3.8, 4) is 0 Å². The lowest BCUT2D eigenvalue weighted by molar-refractivity contribution is -0.150. The summed E-state index contributed by atoms with van der Waals surface area (Å²) < 4.78 is 73.9. The summed E-state index contributed by atoms with van der Waals surface area (Å²) in [6.45, 7) is 2.93. The van der Waals surface area contributed by atoms with Crippen molar-refractivity contribution < 1.29 is 26.7 Å². The molecular weight excluding hydrogens is 517 g/mol. The number of hydrogen-bond acceptors (Lipinski definition) is 8. The van der Waals surface area contributed by atoms with Crippen molar-refractivity contribution in [2.24, 2.45) is 0 Å². The second-order valence-electron chi connectivity index (χ2n) is 8.58. The molecule has 2 aliphatic heterocycles. The van der Waals surface area contributed by atoms with Gasteiger partial charge in [-0.15, -0.1) is 0 Å². The molecule has 3 aromatic rings. The van der Waals surface area contributed by atoms with Gasteiger partial charge in [0.15, 0.2) is 0 Å². The number of halogens is 5. The average Bonchev–Trinajstić information content (AvgIpc) is 2.88. The maximum Gasteiger partial charge on any atom is 0.409 e. The van der Waals surface area contributed by atoms with E-state index in [2.05, 4.69) is 19.9 Å². The summed E-state index contributed by atoms with van der Waals surface area (Å²) in [5, 5.41) is 0. The molecule has 0 saturated carbocycles. The van der Waals surface area contributed by atoms with Gasteiger partial charge in [-0.05, 0) is 25.5 Å². The molecule has 0 bridgehead atoms. The Morgan fingerprint density at radius 2 is 1.95 bits per heavy atom. The highest BCUT2D eigenvalue weighted by atomic mass is 19.4. The zero-order chi connectivity index (χ0) is 27.4. The number of nitrogens with one attached hydrogen (secondary N) is 1. The number of morpholine rings is 1. The van der Waals surface area contributed by atoms with Crippen LogP contribution in [-0.4, -0.2) is 62.5 Å². The molecule has 1 fully saturated rings. The first-order valence-corrected chi connectivity index (χ1v) is 11.6. The highest BCUT2D eigenvalue weighted by Gasteiger charge is 2.47. The number of nitrogens with zero attached hydrogens (tertiary/aromatic N) is 6. The highest BCUT2D eigenvalue weighted by Crippen LogP contribution is 2.39. The average molecular weight is 541 g/mol. The molecular formula is C23H24F5N7O3. The molecule has 5 rings (SSSR count). The fraction of sp³-hybridized carbons (Fsp3) is 0.435. The van der Waals surface area contributed by atoms with Gasteiger partial charge < -0.3 is 14.6 Å². The molecule has 0 aromatic carbocycles. The molecule has 1 saturated heterocycles. The first-order chi connectivity index (χ1) is 18.1. The number of hydrogen-bond donors (Lipinski definition) is 1. The minimum Gasteiger partial charge on any atom is -0.377 e. The molecule has 204 valence electrons. The van der Waals surface area contributed by atoms with E-state index in [9.17, 15) is 31.5 Å². The third kappa shape index (κ3) is 5.98. The Hall–Kier alpha value is -3.88. The maximum absolute atomic E-state index is 13.9. The number of rotatable bonds is 3. The fourth-order valence-electron chi connectivity index (χ4n) is 4.19. The van der Waals surface area contributed by atoms with E-state index in [1.807, 2.05) is 6.92 Å². The number of alkyl halides is 5. The minimum absolute atomic E-state index is 0.0701. The predicted molar refractivity (Wildman–Crippen MR) is 127 cm³/mol. The van der Waals surface area contributed by atoms with Crippen LogP contribution in [0.5, 0.6) is 0 Å². The summed E-state index contributed by atoms with van der Waals surface area (Å²) in [4.78, 5) is 39.5. The van der Waals surface area contributed by atoms with Crippen molar-refractivity contribution in [3.05, 3.63) is 69.4 Å². The maximum atomic E-state index is 13.9. The molecule has 1 unspecified atom stereocenters. The zero-order valence-corrected chi connectivity index (χ0v) is 20.1. The molecule has 2 atom stereocenters. The van der Waals surface area contributed by atoms with E-state index in [0.717, 1.165) is 27.8 Å². The van der Waals surface area contributed by atoms with Crippen molar-refractivity contribution in [1.82, 2.24) is 24.5 Å². The van der Waals surface area contributed by atoms with Gasteiger partial charge in [-0.3, -0.25) is 24.0 Å². The first-order valence-electron chi connectivity index (χ1n) is 11.6. The molecule has 0 radical (unpaired) electrons. The Labute approximate surface area is 212 Å². The first kappa shape index (κ1) is 27.2. The monoisotopic (exact) mass is 541 g/mol. The molecule has 10 nitrogen and oxygen atoms in total. The van der Waals surface area contributed by atoms with E-state index in [-0.39, 0.29) is 42.0 Å². The standard InChI is InChI=1S/C19H20F5N5O2.C4H4N2O/c1-11-10-31-7-6-27(11)15-8-16(30)28-5-4-14(19(22,23)24)29(18(28)26-15)12-2-3-13(17(20)21)25-9-12;7-4-1-2-5-3-6-4/h2-3,8-9,11,14,17H,4-7,10H2,1H3;1-3H,(H,5,6,7)/t11-,14?;/m1./s1. The number of H-pyrrole nitrogens is 1. The van der Waals surface area contributed by atoms with Crippen LogP contribution in [0.3, 0.4) is 0 Å². The topological polar surface area (TPSA) is 109 Å². The normalized spacial score (nSPS) is 19.6. The number of aromatic amines is 1. The summed E-state index contributed by atoms with van der Waals surface area (Å²) in [6.07, 6.45) is -4.13. The zero-order valence-electron chi connectivity index (χ0n) is 20.1. The Balaban J connectivity index is 0.000000417. The molecule has 0 aliphatic carbocycles. The van der Waals surface area contributed by atoms with Crippen LogP contribution < -0.4 is 20.9 Å². The number of fused-ring (bicyclic) bond motifs is 1. The number of ether oxygens (including phenoxy) is 1. The largest absolute Gasteiger partial charge is 0.409 e. The third-order valence-electron chi connectivity index (χ3n) is 6.03. The van der Waals surface area contributed by atoms with Crippen molar-refractivity contribution in [2.45, 2.75) is 44.6 Å². The van der Waals surface area contributed by atoms with Crippen molar-refractivity contribution >= 4 is 17.5 Å². The Bertz CT molecular complexity index is 1330. The van der Waals surface area contributed by atoms with Crippen LogP contribution in [-0.2, 0) is 11.3 Å². The van der Waals surface area contributed by atoms with Crippen LogP contribution in [0.1, 0.15) is 25.5 Å². The van der Waals surface area contributed by atoms with Crippen molar-refractivity contribution in [1.29, 1.82) is 0 Å². The fourth-order valence-corrected chi connectivity index (χ4v) is 4.19. The molecule has 15 heteroatoms. The quantitative estimate of drug-likeness (QED) is 0.504. The van der Waals surface area contributed by atoms with Crippen LogP contribution in [0, 0.1) is 0 Å². The lowest BCUT2D eigenvalue weighted by Crippen LogP contribution is -2.51. The van der Waals surface area contributed by atoms with Crippen LogP contribution in [0.2, 0.25) is 0 Å². The molecule has 3 aromatic heterocycles. The molecule has 2 aliphatic rings. The second-order valence-corrected chi connectivity index (χ2v) is 8.58. The highest BCUT2D eigenvalue weighted by molar-refractivity contribution is 5.61. The van der Waals surface area contributed by atoms with E-state index in [1.165, 1.54) is 24.7 Å². The molecule has 38 heavy (non-hydrogen) atoms. The van der Waals surface area contributed by atoms with Crippen molar-refractivity contribution in [3.63, 3.8) is 0 Å². The lowest BCUT2D eigenvalue weighted by Gasteiger charge is -2.40. The predicted octanol–water partition coefficient (Wildman–Crippen LogP) is 3.04. The smallest absolute Gasteiger partial charge is 0.377 e. The van der Waals surface area contributed by atoms with Crippen LogP contribution in [0.4, 0.5) is 39.4 Å². The lowest BCUT2D eigenvalue weighted by atomic mass is 10.1. The summed E-state index contributed by atoms with van der Waals surface area (Å²) in [6, 6.07) is 2.68. The van der Waals surface area contributed by atoms with Crippen LogP contribution in [0.25, 0.3) is 0 Å². The summed E-state index contributed by atoms with van der Waals surface area (Å²) in [7, 11) is 0. The minimum atomic E-state index is -4.63. The van der Waals surface area contributed by atoms with E-state index < -0.39 is 29.9 Å². The van der Waals surface area contributed by atoms with Gasteiger partial charge >= 0.3 is 6.18 Å². The van der Waals surface area contributed by atoms with Crippen LogP contribution >= 0.6 is 0 Å². The Morgan fingerprint density at radius 1 is 1.16 bits per heavy atom. The van der Waals surface area contributed by atoms with E-state index in [0.29, 0.717) is 19.8 Å². The SMILES string of the molecule is C[C@@H]1COCCN1c1cc(=O)n2c(n1)N(c1ccc(C(F)F)nc1)C(C(F)(F)F)CC2.O=c1ccnc[nH]1. The Kier molecular flexibility index (Phi) is 8.04. The van der Waals surface area contributed by atoms with Gasteiger partial charge in [0.05, 0.1) is 37.5 Å². The Morgan fingerprint density at radius 3 is 2.50 bits per heavy atom. The third-order valence-corrected chi connectivity index (χ3v) is 6.03. The summed E-state index contributed by atoms with van der Waals surface area (Å²) >= 11 is 0. The molecule has 5 heterocycles. The van der Waals surface area contributed by atoms with Gasteiger partial charge in [-0.1, -0.05) is 0 Å². The number of pyridine rings is 1. The van der Waals surface area contributed by atoms with Gasteiger partial charge in [0.2, 0.25) is 5.95 Å². The second kappa shape index (κ2) is 11.2. The van der Waals surface area contributed by atoms with Crippen LogP contribution in [0.15, 0.2) is 52.6 Å². The summed E-state index contributed by atoms with van der Waals surface area (Å²) in [5.74, 6) is 0.0541. The van der Waals surface area contributed by atoms with E-state index in [4.69, 9.17) is 4.74 Å². The molecule has 0 amide bonds. The molecule has 0 spiro atoms. The number of aromatic nitrogens is 5. The van der Waals surface area contributed by atoms with Gasteiger partial charge in [-0.25, -0.2) is 13.8 Å². The van der Waals surface area contributed by atoms with Crippen molar-refractivity contribution in [2.75, 3.05) is 29.6 Å². The van der Waals surface area contributed by atoms with E-state index >= 15 is 0 Å². The molecule has 1 N–H and O–H groups in total. The van der Waals surface area contributed by atoms with Gasteiger partial charge in [-0.2, -0.15) is 18.2 Å². The van der Waals surface area contributed by atoms with Gasteiger partial charge in [0, 0.05) is 31.4 Å². The van der Waals surface area contributed by atoms with Gasteiger partial charge in [0.1, 0.15) is 17.6 Å². The summed E-state index contributed by atoms with van der Waals surface area (Å²) in [5.41, 5.74) is -1.22. The van der Waals surface area contributed by atoms with Gasteiger partial charge in [0.25, 0.3) is 17.5 Å². The van der Waals surface area contributed by atoms with E-state index in [1.54, 1.807) is 4.90 Å². The number of anilines is 3.